The first-order valence-electron chi connectivity index (χ1n) is 7.72. The second kappa shape index (κ2) is 7.35. The van der Waals surface area contributed by atoms with Crippen molar-refractivity contribution in [2.75, 3.05) is 7.11 Å². The molecule has 2 rings (SSSR count). The van der Waals surface area contributed by atoms with Crippen molar-refractivity contribution in [1.29, 1.82) is 0 Å². The van der Waals surface area contributed by atoms with E-state index in [9.17, 15) is 4.79 Å². The van der Waals surface area contributed by atoms with Crippen LogP contribution in [0.25, 0.3) is 0 Å². The van der Waals surface area contributed by atoms with Gasteiger partial charge in [0, 0.05) is 6.92 Å². The van der Waals surface area contributed by atoms with E-state index in [-0.39, 0.29) is 5.97 Å². The van der Waals surface area contributed by atoms with Crippen molar-refractivity contribution < 1.29 is 14.3 Å². The van der Waals surface area contributed by atoms with Crippen molar-refractivity contribution in [3.8, 4) is 11.5 Å². The van der Waals surface area contributed by atoms with Crippen molar-refractivity contribution >= 4 is 21.9 Å². The van der Waals surface area contributed by atoms with Crippen molar-refractivity contribution in [2.24, 2.45) is 11.8 Å². The molecule has 2 atom stereocenters. The molecule has 2 unspecified atom stereocenters. The smallest absolute Gasteiger partial charge is 0.308 e. The van der Waals surface area contributed by atoms with Gasteiger partial charge in [0.25, 0.3) is 0 Å². The Morgan fingerprint density at radius 3 is 2.65 bits per heavy atom. The number of ether oxygens (including phenoxy) is 2. The fourth-order valence-electron chi connectivity index (χ4n) is 3.21. The largest absolute Gasteiger partial charge is 0.496 e. The molecule has 0 saturated carbocycles. The zero-order valence-electron chi connectivity index (χ0n) is 14.1. The van der Waals surface area contributed by atoms with Crippen molar-refractivity contribution in [1.82, 2.24) is 0 Å². The Kier molecular flexibility index (Phi) is 5.69. The number of halogens is 1. The third-order valence-electron chi connectivity index (χ3n) is 4.27. The van der Waals surface area contributed by atoms with E-state index >= 15 is 0 Å². The summed E-state index contributed by atoms with van der Waals surface area (Å²) in [6.45, 7) is 10.0. The summed E-state index contributed by atoms with van der Waals surface area (Å²) in [5.74, 6) is 1.83. The summed E-state index contributed by atoms with van der Waals surface area (Å²) < 4.78 is 11.5. The molecule has 0 spiro atoms. The molecule has 3 nitrogen and oxygen atoms in total. The lowest BCUT2D eigenvalue weighted by Crippen LogP contribution is -2.20. The van der Waals surface area contributed by atoms with Crippen LogP contribution in [-0.2, 0) is 11.2 Å². The lowest BCUT2D eigenvalue weighted by atomic mass is 9.75. The van der Waals surface area contributed by atoms with Crippen LogP contribution in [0.1, 0.15) is 32.8 Å². The van der Waals surface area contributed by atoms with Crippen LogP contribution < -0.4 is 9.47 Å². The van der Waals surface area contributed by atoms with E-state index in [1.165, 1.54) is 12.5 Å². The van der Waals surface area contributed by atoms with Gasteiger partial charge in [-0.15, -0.1) is 0 Å². The standard InChI is InChI=1S/C19H23BrO3/c1-11-6-12(2)16(13(3)7-11)8-15-9-19(22-5)17(20)10-18(15)23-14(4)21/h6,9-10,13,16H,2,7-8H2,1,3-5H3. The molecule has 1 aromatic carbocycles. The van der Waals surface area contributed by atoms with Gasteiger partial charge in [-0.1, -0.05) is 30.7 Å². The van der Waals surface area contributed by atoms with E-state index in [2.05, 4.69) is 42.4 Å². The minimum Gasteiger partial charge on any atom is -0.496 e. The van der Waals surface area contributed by atoms with Crippen LogP contribution in [0, 0.1) is 11.8 Å². The first-order chi connectivity index (χ1) is 10.8. The monoisotopic (exact) mass is 378 g/mol. The predicted molar refractivity (Wildman–Crippen MR) is 95.9 cm³/mol. The number of carbonyl (C=O) groups is 1. The molecule has 0 N–H and O–H groups in total. The van der Waals surface area contributed by atoms with Gasteiger partial charge in [0.05, 0.1) is 11.6 Å². The van der Waals surface area contributed by atoms with Crippen molar-refractivity contribution in [3.63, 3.8) is 0 Å². The molecule has 4 heteroatoms. The van der Waals surface area contributed by atoms with E-state index in [0.717, 1.165) is 34.2 Å². The Labute approximate surface area is 146 Å². The number of hydrogen-bond donors (Lipinski definition) is 0. The lowest BCUT2D eigenvalue weighted by Gasteiger charge is -2.30. The molecule has 0 saturated heterocycles. The average Bonchev–Trinajstić information content (AvgIpc) is 2.44. The van der Waals surface area contributed by atoms with Gasteiger partial charge in [-0.05, 0) is 65.2 Å². The number of esters is 1. The Bertz CT molecular complexity index is 661. The minimum absolute atomic E-state index is 0.324. The first kappa shape index (κ1) is 17.8. The first-order valence-corrected chi connectivity index (χ1v) is 8.52. The second-order valence-corrected chi connectivity index (χ2v) is 7.10. The van der Waals surface area contributed by atoms with Crippen LogP contribution in [0.2, 0.25) is 0 Å². The Morgan fingerprint density at radius 1 is 1.39 bits per heavy atom. The van der Waals surface area contributed by atoms with Gasteiger partial charge in [0.2, 0.25) is 0 Å². The summed E-state index contributed by atoms with van der Waals surface area (Å²) in [5.41, 5.74) is 3.47. The third-order valence-corrected chi connectivity index (χ3v) is 4.89. The minimum atomic E-state index is -0.324. The highest BCUT2D eigenvalue weighted by atomic mass is 79.9. The maximum Gasteiger partial charge on any atom is 0.308 e. The fraction of sp³-hybridized carbons (Fsp3) is 0.421. The van der Waals surface area contributed by atoms with Crippen LogP contribution in [0.15, 0.2) is 40.4 Å². The van der Waals surface area contributed by atoms with E-state index in [4.69, 9.17) is 9.47 Å². The number of allylic oxidation sites excluding steroid dienone is 3. The molecule has 0 bridgehead atoms. The molecule has 1 aliphatic rings. The zero-order valence-corrected chi connectivity index (χ0v) is 15.7. The quantitative estimate of drug-likeness (QED) is 0.540. The van der Waals surface area contributed by atoms with Gasteiger partial charge in [-0.25, -0.2) is 0 Å². The number of hydrogen-bond acceptors (Lipinski definition) is 3. The lowest BCUT2D eigenvalue weighted by molar-refractivity contribution is -0.131. The summed E-state index contributed by atoms with van der Waals surface area (Å²) in [6.07, 6.45) is 4.02. The number of carbonyl (C=O) groups excluding carboxylic acids is 1. The molecule has 0 aliphatic heterocycles. The van der Waals surface area contributed by atoms with Gasteiger partial charge in [0.1, 0.15) is 11.5 Å². The van der Waals surface area contributed by atoms with Crippen LogP contribution in [0.5, 0.6) is 11.5 Å². The summed E-state index contributed by atoms with van der Waals surface area (Å²) in [5, 5.41) is 0. The second-order valence-electron chi connectivity index (χ2n) is 6.25. The molecular weight excluding hydrogens is 356 g/mol. The Morgan fingerprint density at radius 2 is 2.09 bits per heavy atom. The van der Waals surface area contributed by atoms with Crippen molar-refractivity contribution in [3.05, 3.63) is 46.0 Å². The predicted octanol–water partition coefficient (Wildman–Crippen LogP) is 5.08. The molecule has 1 aliphatic carbocycles. The molecular formula is C19H23BrO3. The molecule has 23 heavy (non-hydrogen) atoms. The van der Waals surface area contributed by atoms with E-state index in [1.54, 1.807) is 13.2 Å². The SMILES string of the molecule is C=C1C=C(C)CC(C)C1Cc1cc(OC)c(Br)cc1OC(C)=O. The van der Waals surface area contributed by atoms with E-state index < -0.39 is 0 Å². The number of rotatable bonds is 4. The van der Waals surface area contributed by atoms with Crippen LogP contribution in [-0.4, -0.2) is 13.1 Å². The molecule has 0 fully saturated rings. The maximum absolute atomic E-state index is 11.4. The molecule has 0 radical (unpaired) electrons. The highest BCUT2D eigenvalue weighted by molar-refractivity contribution is 9.10. The third kappa shape index (κ3) is 4.25. The maximum atomic E-state index is 11.4. The Balaban J connectivity index is 2.37. The number of benzene rings is 1. The summed E-state index contributed by atoms with van der Waals surface area (Å²) in [4.78, 5) is 11.4. The molecule has 0 amide bonds. The van der Waals surface area contributed by atoms with Crippen LogP contribution >= 0.6 is 15.9 Å². The van der Waals surface area contributed by atoms with Gasteiger partial charge in [-0.2, -0.15) is 0 Å². The topological polar surface area (TPSA) is 35.5 Å². The molecule has 0 aromatic heterocycles. The number of methoxy groups -OCH3 is 1. The molecule has 124 valence electrons. The van der Waals surface area contributed by atoms with Gasteiger partial charge in [0.15, 0.2) is 0 Å². The van der Waals surface area contributed by atoms with Crippen LogP contribution in [0.3, 0.4) is 0 Å². The van der Waals surface area contributed by atoms with Crippen molar-refractivity contribution in [2.45, 2.75) is 33.6 Å². The van der Waals surface area contributed by atoms with Gasteiger partial charge >= 0.3 is 5.97 Å². The van der Waals surface area contributed by atoms with Gasteiger partial charge in [-0.3, -0.25) is 4.79 Å². The molecule has 0 heterocycles. The fourth-order valence-corrected chi connectivity index (χ4v) is 3.69. The zero-order chi connectivity index (χ0) is 17.1. The Hall–Kier alpha value is -1.55. The van der Waals surface area contributed by atoms with Gasteiger partial charge < -0.3 is 9.47 Å². The normalized spacial score (nSPS) is 20.9. The highest BCUT2D eigenvalue weighted by Gasteiger charge is 2.26. The average molecular weight is 379 g/mol. The summed E-state index contributed by atoms with van der Waals surface area (Å²) in [7, 11) is 1.63. The van der Waals surface area contributed by atoms with Crippen LogP contribution in [0.4, 0.5) is 0 Å². The highest BCUT2D eigenvalue weighted by Crippen LogP contribution is 2.39. The summed E-state index contributed by atoms with van der Waals surface area (Å²) in [6, 6.07) is 3.74. The van der Waals surface area contributed by atoms with E-state index in [0.29, 0.717) is 17.6 Å². The molecule has 1 aromatic rings. The summed E-state index contributed by atoms with van der Waals surface area (Å²) >= 11 is 3.44. The van der Waals surface area contributed by atoms with E-state index in [1.807, 2.05) is 6.07 Å².